The zero-order valence-electron chi connectivity index (χ0n) is 23.6. The summed E-state index contributed by atoms with van der Waals surface area (Å²) >= 11 is 0. The molecule has 202 valence electrons. The molecule has 5 rings (SSSR count). The van der Waals surface area contributed by atoms with Gasteiger partial charge in [-0.3, -0.25) is 0 Å². The van der Waals surface area contributed by atoms with Crippen LogP contribution in [0.4, 0.5) is 0 Å². The van der Waals surface area contributed by atoms with Crippen molar-refractivity contribution in [3.63, 3.8) is 0 Å². The van der Waals surface area contributed by atoms with Gasteiger partial charge in [0.15, 0.2) is 0 Å². The SMILES string of the molecule is Cc1cc(C(c2ccc(O)cc2)c2cc(C)c(O)c(C3CCCCC3)c2C)c(C)c(C2CCCCC2)c1O. The molecule has 3 nitrogen and oxygen atoms in total. The summed E-state index contributed by atoms with van der Waals surface area (Å²) in [4.78, 5) is 0. The maximum absolute atomic E-state index is 11.3. The lowest BCUT2D eigenvalue weighted by Crippen LogP contribution is -2.15. The minimum absolute atomic E-state index is 0.0566. The predicted octanol–water partition coefficient (Wildman–Crippen LogP) is 9.31. The Morgan fingerprint density at radius 3 is 1.37 bits per heavy atom. The molecule has 0 amide bonds. The van der Waals surface area contributed by atoms with E-state index in [1.54, 1.807) is 12.1 Å². The summed E-state index contributed by atoms with van der Waals surface area (Å²) in [6.07, 6.45) is 11.9. The number of phenols is 3. The fourth-order valence-corrected chi connectivity index (χ4v) is 7.49. The summed E-state index contributed by atoms with van der Waals surface area (Å²) in [5, 5.41) is 32.7. The van der Waals surface area contributed by atoms with E-state index in [9.17, 15) is 15.3 Å². The standard InChI is InChI=1S/C35H44O3/c1-21-19-29(23(3)31(34(21)37)25-11-7-5-8-12-25)33(27-15-17-28(36)18-16-27)30-20-22(2)35(38)32(24(30)4)26-13-9-6-10-14-26/h15-20,25-26,33,36-38H,5-14H2,1-4H3. The molecule has 2 aliphatic rings. The molecule has 0 atom stereocenters. The number of hydrogen-bond donors (Lipinski definition) is 3. The summed E-state index contributed by atoms with van der Waals surface area (Å²) in [5.74, 6) is 1.91. The molecule has 0 saturated heterocycles. The monoisotopic (exact) mass is 512 g/mol. The lowest BCUT2D eigenvalue weighted by atomic mass is 9.73. The quantitative estimate of drug-likeness (QED) is 0.298. The van der Waals surface area contributed by atoms with Gasteiger partial charge in [0.2, 0.25) is 0 Å². The zero-order chi connectivity index (χ0) is 27.0. The Bertz CT molecular complexity index is 1210. The number of rotatable bonds is 5. The second kappa shape index (κ2) is 11.0. The van der Waals surface area contributed by atoms with Crippen LogP contribution in [-0.2, 0) is 0 Å². The molecule has 0 unspecified atom stereocenters. The Morgan fingerprint density at radius 1 is 0.579 bits per heavy atom. The first kappa shape index (κ1) is 26.7. The average molecular weight is 513 g/mol. The molecule has 0 heterocycles. The van der Waals surface area contributed by atoms with Crippen molar-refractivity contribution in [3.8, 4) is 17.2 Å². The predicted molar refractivity (Wildman–Crippen MR) is 156 cm³/mol. The highest BCUT2D eigenvalue weighted by Gasteiger charge is 2.31. The summed E-state index contributed by atoms with van der Waals surface area (Å²) in [6.45, 7) is 8.44. The van der Waals surface area contributed by atoms with E-state index < -0.39 is 0 Å². The lowest BCUT2D eigenvalue weighted by Gasteiger charge is -2.32. The van der Waals surface area contributed by atoms with Crippen LogP contribution in [0, 0.1) is 27.7 Å². The lowest BCUT2D eigenvalue weighted by molar-refractivity contribution is 0.410. The molecule has 0 radical (unpaired) electrons. The van der Waals surface area contributed by atoms with Gasteiger partial charge in [-0.1, -0.05) is 62.8 Å². The van der Waals surface area contributed by atoms with E-state index >= 15 is 0 Å². The van der Waals surface area contributed by atoms with Crippen LogP contribution in [0.2, 0.25) is 0 Å². The fraction of sp³-hybridized carbons (Fsp3) is 0.486. The summed E-state index contributed by atoms with van der Waals surface area (Å²) in [7, 11) is 0. The van der Waals surface area contributed by atoms with E-state index in [1.807, 2.05) is 26.0 Å². The molecule has 2 saturated carbocycles. The molecule has 0 aliphatic heterocycles. The van der Waals surface area contributed by atoms with Gasteiger partial charge in [-0.05, 0) is 116 Å². The van der Waals surface area contributed by atoms with E-state index in [0.717, 1.165) is 53.5 Å². The van der Waals surface area contributed by atoms with Crippen LogP contribution in [0.1, 0.15) is 132 Å². The smallest absolute Gasteiger partial charge is 0.122 e. The van der Waals surface area contributed by atoms with Crippen molar-refractivity contribution in [2.24, 2.45) is 0 Å². The van der Waals surface area contributed by atoms with Crippen LogP contribution in [0.5, 0.6) is 17.2 Å². The van der Waals surface area contributed by atoms with Gasteiger partial charge in [0.05, 0.1) is 0 Å². The molecule has 0 bridgehead atoms. The van der Waals surface area contributed by atoms with Gasteiger partial charge >= 0.3 is 0 Å². The molecule has 3 aromatic rings. The van der Waals surface area contributed by atoms with Crippen molar-refractivity contribution in [1.82, 2.24) is 0 Å². The van der Waals surface area contributed by atoms with Gasteiger partial charge in [-0.15, -0.1) is 0 Å². The van der Waals surface area contributed by atoms with E-state index in [0.29, 0.717) is 23.3 Å². The van der Waals surface area contributed by atoms with Crippen molar-refractivity contribution in [3.05, 3.63) is 86.5 Å². The number of aryl methyl sites for hydroxylation is 2. The first-order valence-electron chi connectivity index (χ1n) is 14.7. The normalized spacial score (nSPS) is 17.3. The highest BCUT2D eigenvalue weighted by Crippen LogP contribution is 2.48. The number of aromatic hydroxyl groups is 3. The third-order valence-corrected chi connectivity index (χ3v) is 9.55. The Kier molecular flexibility index (Phi) is 7.75. The zero-order valence-corrected chi connectivity index (χ0v) is 23.6. The molecule has 0 spiro atoms. The van der Waals surface area contributed by atoms with Crippen LogP contribution in [0.3, 0.4) is 0 Å². The Balaban J connectivity index is 1.75. The van der Waals surface area contributed by atoms with Gasteiger partial charge in [0.1, 0.15) is 17.2 Å². The second-order valence-electron chi connectivity index (χ2n) is 12.0. The molecule has 3 aromatic carbocycles. The van der Waals surface area contributed by atoms with Crippen molar-refractivity contribution in [1.29, 1.82) is 0 Å². The van der Waals surface area contributed by atoms with E-state index in [2.05, 4.69) is 26.0 Å². The van der Waals surface area contributed by atoms with Crippen LogP contribution in [0.25, 0.3) is 0 Å². The molecule has 3 heteroatoms. The molecule has 0 aromatic heterocycles. The summed E-state index contributed by atoms with van der Waals surface area (Å²) in [6, 6.07) is 12.0. The van der Waals surface area contributed by atoms with E-state index in [1.165, 1.54) is 60.8 Å². The number of phenolic OH excluding ortho intramolecular Hbond substituents is 3. The fourth-order valence-electron chi connectivity index (χ4n) is 7.49. The highest BCUT2D eigenvalue weighted by molar-refractivity contribution is 5.60. The van der Waals surface area contributed by atoms with Gasteiger partial charge in [-0.2, -0.15) is 0 Å². The average Bonchev–Trinajstić information content (AvgIpc) is 2.92. The molecule has 2 fully saturated rings. The molecule has 38 heavy (non-hydrogen) atoms. The second-order valence-corrected chi connectivity index (χ2v) is 12.0. The van der Waals surface area contributed by atoms with Crippen LogP contribution in [0.15, 0.2) is 36.4 Å². The van der Waals surface area contributed by atoms with E-state index in [4.69, 9.17) is 0 Å². The number of benzene rings is 3. The van der Waals surface area contributed by atoms with Crippen molar-refractivity contribution in [2.75, 3.05) is 0 Å². The van der Waals surface area contributed by atoms with Crippen LogP contribution >= 0.6 is 0 Å². The third kappa shape index (κ3) is 4.93. The largest absolute Gasteiger partial charge is 0.508 e. The molecular formula is C35H44O3. The van der Waals surface area contributed by atoms with Crippen LogP contribution < -0.4 is 0 Å². The first-order chi connectivity index (χ1) is 18.3. The topological polar surface area (TPSA) is 60.7 Å². The van der Waals surface area contributed by atoms with Crippen molar-refractivity contribution < 1.29 is 15.3 Å². The minimum atomic E-state index is -0.0566. The first-order valence-corrected chi connectivity index (χ1v) is 14.7. The Labute approximate surface area is 228 Å². The third-order valence-electron chi connectivity index (χ3n) is 9.55. The van der Waals surface area contributed by atoms with Crippen molar-refractivity contribution >= 4 is 0 Å². The van der Waals surface area contributed by atoms with Crippen LogP contribution in [-0.4, -0.2) is 15.3 Å². The number of hydrogen-bond acceptors (Lipinski definition) is 3. The molecule has 3 N–H and O–H groups in total. The maximum Gasteiger partial charge on any atom is 0.122 e. The Morgan fingerprint density at radius 2 is 0.974 bits per heavy atom. The van der Waals surface area contributed by atoms with E-state index in [-0.39, 0.29) is 11.7 Å². The maximum atomic E-state index is 11.3. The van der Waals surface area contributed by atoms with Crippen molar-refractivity contribution in [2.45, 2.75) is 110 Å². The van der Waals surface area contributed by atoms with Gasteiger partial charge < -0.3 is 15.3 Å². The summed E-state index contributed by atoms with van der Waals surface area (Å²) < 4.78 is 0. The van der Waals surface area contributed by atoms with Gasteiger partial charge in [0, 0.05) is 17.0 Å². The molecular weight excluding hydrogens is 468 g/mol. The molecule has 2 aliphatic carbocycles. The summed E-state index contributed by atoms with van der Waals surface area (Å²) in [5.41, 5.74) is 10.0. The van der Waals surface area contributed by atoms with Gasteiger partial charge in [0.25, 0.3) is 0 Å². The van der Waals surface area contributed by atoms with Gasteiger partial charge in [-0.25, -0.2) is 0 Å². The Hall–Kier alpha value is -2.94. The minimum Gasteiger partial charge on any atom is -0.508 e. The highest BCUT2D eigenvalue weighted by atomic mass is 16.3.